The normalized spacial score (nSPS) is 17.2. The fourth-order valence-corrected chi connectivity index (χ4v) is 2.48. The molecule has 1 heterocycles. The molecule has 0 spiro atoms. The molecule has 2 aromatic carbocycles. The highest BCUT2D eigenvalue weighted by Crippen LogP contribution is 2.21. The van der Waals surface area contributed by atoms with Crippen LogP contribution in [0.3, 0.4) is 0 Å². The highest BCUT2D eigenvalue weighted by molar-refractivity contribution is 6.01. The number of methoxy groups -OCH3 is 1. The molecule has 0 aliphatic carbocycles. The van der Waals surface area contributed by atoms with Gasteiger partial charge in [-0.05, 0) is 30.2 Å². The van der Waals surface area contributed by atoms with Gasteiger partial charge in [0.1, 0.15) is 11.9 Å². The van der Waals surface area contributed by atoms with Crippen LogP contribution in [0.1, 0.15) is 23.1 Å². The van der Waals surface area contributed by atoms with Gasteiger partial charge in [0.2, 0.25) is 0 Å². The molecule has 0 aromatic heterocycles. The van der Waals surface area contributed by atoms with Crippen molar-refractivity contribution in [3.63, 3.8) is 0 Å². The van der Waals surface area contributed by atoms with Gasteiger partial charge in [-0.15, -0.1) is 0 Å². The fraction of sp³-hybridized carbons (Fsp3) is 0.278. The van der Waals surface area contributed by atoms with E-state index < -0.39 is 0 Å². The van der Waals surface area contributed by atoms with E-state index in [9.17, 15) is 0 Å². The van der Waals surface area contributed by atoms with Gasteiger partial charge in [0, 0.05) is 12.8 Å². The van der Waals surface area contributed by atoms with Crippen LogP contribution >= 0.6 is 0 Å². The molecule has 21 heavy (non-hydrogen) atoms. The summed E-state index contributed by atoms with van der Waals surface area (Å²) < 4.78 is 5.17. The second-order valence-corrected chi connectivity index (χ2v) is 5.39. The average molecular weight is 281 g/mol. The maximum Gasteiger partial charge on any atom is 0.137 e. The number of aryl methyl sites for hydroxylation is 1. The lowest BCUT2D eigenvalue weighted by molar-refractivity contribution is 0.0859. The van der Waals surface area contributed by atoms with Gasteiger partial charge < -0.3 is 9.57 Å². The van der Waals surface area contributed by atoms with Gasteiger partial charge in [0.05, 0.1) is 12.8 Å². The standard InChI is InChI=1S/C18H19NO2/c1-13-3-7-15(8-4-13)18-12-17(21-19-18)11-14-5-9-16(20-2)10-6-14/h3-10,17H,11-12H2,1-2H3. The van der Waals surface area contributed by atoms with Crippen LogP contribution < -0.4 is 4.74 Å². The Kier molecular flexibility index (Phi) is 3.91. The summed E-state index contributed by atoms with van der Waals surface area (Å²) in [4.78, 5) is 5.57. The quantitative estimate of drug-likeness (QED) is 0.854. The van der Waals surface area contributed by atoms with E-state index in [0.29, 0.717) is 0 Å². The summed E-state index contributed by atoms with van der Waals surface area (Å²) in [6.45, 7) is 2.09. The SMILES string of the molecule is COc1ccc(CC2CC(c3ccc(C)cc3)=NO2)cc1. The van der Waals surface area contributed by atoms with Crippen molar-refractivity contribution in [2.24, 2.45) is 5.16 Å². The Hall–Kier alpha value is -2.29. The lowest BCUT2D eigenvalue weighted by atomic mass is 10.00. The van der Waals surface area contributed by atoms with Crippen LogP contribution in [0.4, 0.5) is 0 Å². The monoisotopic (exact) mass is 281 g/mol. The van der Waals surface area contributed by atoms with Crippen LogP contribution in [0.2, 0.25) is 0 Å². The molecule has 3 heteroatoms. The summed E-state index contributed by atoms with van der Waals surface area (Å²) in [6.07, 6.45) is 1.84. The fourth-order valence-electron chi connectivity index (χ4n) is 2.48. The predicted octanol–water partition coefficient (Wildman–Crippen LogP) is 3.74. The maximum absolute atomic E-state index is 5.57. The van der Waals surface area contributed by atoms with Crippen LogP contribution in [0, 0.1) is 6.92 Å². The molecule has 0 amide bonds. The zero-order valence-corrected chi connectivity index (χ0v) is 12.4. The van der Waals surface area contributed by atoms with Gasteiger partial charge in [-0.3, -0.25) is 0 Å². The average Bonchev–Trinajstić information content (AvgIpc) is 2.97. The van der Waals surface area contributed by atoms with Crippen molar-refractivity contribution in [1.29, 1.82) is 0 Å². The highest BCUT2D eigenvalue weighted by Gasteiger charge is 2.22. The second-order valence-electron chi connectivity index (χ2n) is 5.39. The third-order valence-electron chi connectivity index (χ3n) is 3.74. The topological polar surface area (TPSA) is 30.8 Å². The van der Waals surface area contributed by atoms with Crippen molar-refractivity contribution in [1.82, 2.24) is 0 Å². The van der Waals surface area contributed by atoms with Crippen LogP contribution in [0.25, 0.3) is 0 Å². The number of benzene rings is 2. The summed E-state index contributed by atoms with van der Waals surface area (Å²) in [5.74, 6) is 0.877. The van der Waals surface area contributed by atoms with E-state index in [0.717, 1.165) is 29.9 Å². The van der Waals surface area contributed by atoms with Crippen molar-refractivity contribution < 1.29 is 9.57 Å². The molecule has 0 bridgehead atoms. The summed E-state index contributed by atoms with van der Waals surface area (Å²) in [6, 6.07) is 16.5. The van der Waals surface area contributed by atoms with Gasteiger partial charge in [-0.2, -0.15) is 0 Å². The number of ether oxygens (including phenoxy) is 1. The summed E-state index contributed by atoms with van der Waals surface area (Å²) in [5.41, 5.74) is 4.68. The first kappa shape index (κ1) is 13.7. The molecular weight excluding hydrogens is 262 g/mol. The first-order chi connectivity index (χ1) is 10.2. The molecule has 1 aliphatic heterocycles. The lowest BCUT2D eigenvalue weighted by Crippen LogP contribution is -2.11. The molecule has 0 saturated heterocycles. The Bertz CT molecular complexity index is 629. The molecule has 0 fully saturated rings. The molecule has 3 nitrogen and oxygen atoms in total. The molecule has 1 aliphatic rings. The second kappa shape index (κ2) is 6.00. The van der Waals surface area contributed by atoms with Crippen LogP contribution in [-0.2, 0) is 11.3 Å². The maximum atomic E-state index is 5.57. The molecular formula is C18H19NO2. The number of nitrogens with zero attached hydrogens (tertiary/aromatic N) is 1. The van der Waals surface area contributed by atoms with Gasteiger partial charge in [0.15, 0.2) is 0 Å². The van der Waals surface area contributed by atoms with Crippen molar-refractivity contribution in [3.8, 4) is 5.75 Å². The van der Waals surface area contributed by atoms with E-state index in [1.165, 1.54) is 11.1 Å². The van der Waals surface area contributed by atoms with Crippen molar-refractivity contribution in [2.75, 3.05) is 7.11 Å². The largest absolute Gasteiger partial charge is 0.497 e. The third-order valence-corrected chi connectivity index (χ3v) is 3.74. The first-order valence-corrected chi connectivity index (χ1v) is 7.17. The van der Waals surface area contributed by atoms with Crippen LogP contribution in [0.5, 0.6) is 5.75 Å². The third kappa shape index (κ3) is 3.24. The van der Waals surface area contributed by atoms with E-state index in [4.69, 9.17) is 9.57 Å². The van der Waals surface area contributed by atoms with Gasteiger partial charge in [-0.25, -0.2) is 0 Å². The first-order valence-electron chi connectivity index (χ1n) is 7.17. The van der Waals surface area contributed by atoms with E-state index >= 15 is 0 Å². The predicted molar refractivity (Wildman–Crippen MR) is 83.9 cm³/mol. The van der Waals surface area contributed by atoms with Crippen LogP contribution in [0.15, 0.2) is 53.7 Å². The van der Waals surface area contributed by atoms with Crippen molar-refractivity contribution in [2.45, 2.75) is 25.9 Å². The Labute approximate surface area is 125 Å². The molecule has 1 unspecified atom stereocenters. The number of hydrogen-bond donors (Lipinski definition) is 0. The Balaban J connectivity index is 1.61. The van der Waals surface area contributed by atoms with Crippen molar-refractivity contribution in [3.05, 3.63) is 65.2 Å². The van der Waals surface area contributed by atoms with Crippen molar-refractivity contribution >= 4 is 5.71 Å². The van der Waals surface area contributed by atoms with Gasteiger partial charge in [-0.1, -0.05) is 47.1 Å². The number of oxime groups is 1. The van der Waals surface area contributed by atoms with Crippen LogP contribution in [-0.4, -0.2) is 18.9 Å². The Morgan fingerprint density at radius 1 is 1.10 bits per heavy atom. The Morgan fingerprint density at radius 2 is 1.81 bits per heavy atom. The zero-order valence-electron chi connectivity index (χ0n) is 12.4. The summed E-state index contributed by atoms with van der Waals surface area (Å²) >= 11 is 0. The highest BCUT2D eigenvalue weighted by atomic mass is 16.6. The van der Waals surface area contributed by atoms with E-state index in [-0.39, 0.29) is 6.10 Å². The number of hydrogen-bond acceptors (Lipinski definition) is 3. The minimum atomic E-state index is 0.120. The molecule has 108 valence electrons. The summed E-state index contributed by atoms with van der Waals surface area (Å²) in [7, 11) is 1.68. The van der Waals surface area contributed by atoms with E-state index in [2.05, 4.69) is 48.5 Å². The molecule has 2 aromatic rings. The van der Waals surface area contributed by atoms with Gasteiger partial charge in [0.25, 0.3) is 0 Å². The zero-order chi connectivity index (χ0) is 14.7. The van der Waals surface area contributed by atoms with E-state index in [1.807, 2.05) is 12.1 Å². The minimum Gasteiger partial charge on any atom is -0.497 e. The molecule has 0 radical (unpaired) electrons. The lowest BCUT2D eigenvalue weighted by Gasteiger charge is -2.08. The minimum absolute atomic E-state index is 0.120. The molecule has 3 rings (SSSR count). The van der Waals surface area contributed by atoms with Gasteiger partial charge >= 0.3 is 0 Å². The Morgan fingerprint density at radius 3 is 2.48 bits per heavy atom. The smallest absolute Gasteiger partial charge is 0.137 e. The molecule has 0 saturated carbocycles. The summed E-state index contributed by atoms with van der Waals surface area (Å²) in [5, 5.41) is 4.24. The number of rotatable bonds is 4. The molecule has 1 atom stereocenters. The molecule has 0 N–H and O–H groups in total. The van der Waals surface area contributed by atoms with E-state index in [1.54, 1.807) is 7.11 Å².